The van der Waals surface area contributed by atoms with Crippen LogP contribution in [-0.4, -0.2) is 10.9 Å². The minimum absolute atomic E-state index is 0.170. The monoisotopic (exact) mass is 341 g/mol. The molecule has 0 bridgehead atoms. The molecule has 4 nitrogen and oxygen atoms in total. The molecule has 0 aliphatic rings. The van der Waals surface area contributed by atoms with Crippen LogP contribution in [0, 0.1) is 18.6 Å². The fraction of sp³-hybridized carbons (Fsp3) is 0.0769. The number of hydrogen-bond donors (Lipinski definition) is 2. The molecular weight excluding hydrogens is 332 g/mol. The second-order valence-corrected chi connectivity index (χ2v) is 4.98. The average molecular weight is 342 g/mol. The van der Waals surface area contributed by atoms with Gasteiger partial charge in [0.25, 0.3) is 5.91 Å². The van der Waals surface area contributed by atoms with E-state index in [0.717, 1.165) is 22.2 Å². The largest absolute Gasteiger partial charge is 0.394 e. The molecule has 0 fully saturated rings. The number of aryl methyl sites for hydroxylation is 1. The number of benzene rings is 1. The van der Waals surface area contributed by atoms with Gasteiger partial charge in [0.05, 0.1) is 0 Å². The summed E-state index contributed by atoms with van der Waals surface area (Å²) in [6, 6.07) is 3.38. The number of aromatic nitrogens is 1. The molecule has 0 radical (unpaired) electrons. The molecule has 20 heavy (non-hydrogen) atoms. The summed E-state index contributed by atoms with van der Waals surface area (Å²) in [7, 11) is 0. The van der Waals surface area contributed by atoms with Crippen LogP contribution in [0.15, 0.2) is 28.9 Å². The number of halogens is 3. The van der Waals surface area contributed by atoms with E-state index in [1.165, 1.54) is 6.20 Å². The molecule has 1 amide bonds. The van der Waals surface area contributed by atoms with Crippen LogP contribution in [0.3, 0.4) is 0 Å². The van der Waals surface area contributed by atoms with E-state index in [1.54, 1.807) is 6.07 Å². The lowest BCUT2D eigenvalue weighted by molar-refractivity contribution is 0.102. The van der Waals surface area contributed by atoms with Gasteiger partial charge >= 0.3 is 0 Å². The first kappa shape index (κ1) is 14.4. The molecule has 1 aromatic heterocycles. The minimum Gasteiger partial charge on any atom is -0.394 e. The lowest BCUT2D eigenvalue weighted by atomic mass is 10.1. The molecule has 7 heteroatoms. The second-order valence-electron chi connectivity index (χ2n) is 4.13. The molecule has 0 spiro atoms. The number of nitrogens with two attached hydrogens (primary N) is 1. The van der Waals surface area contributed by atoms with Gasteiger partial charge in [-0.1, -0.05) is 0 Å². The van der Waals surface area contributed by atoms with Crippen LogP contribution >= 0.6 is 15.9 Å². The van der Waals surface area contributed by atoms with Crippen LogP contribution in [0.1, 0.15) is 15.9 Å². The first-order chi connectivity index (χ1) is 9.38. The van der Waals surface area contributed by atoms with E-state index >= 15 is 0 Å². The zero-order valence-electron chi connectivity index (χ0n) is 10.4. The Labute approximate surface area is 122 Å². The van der Waals surface area contributed by atoms with Gasteiger partial charge in [-0.2, -0.15) is 0 Å². The van der Waals surface area contributed by atoms with Crippen LogP contribution < -0.4 is 11.1 Å². The predicted octanol–water partition coefficient (Wildman–Crippen LogP) is 3.27. The van der Waals surface area contributed by atoms with Gasteiger partial charge in [-0.15, -0.1) is 0 Å². The average Bonchev–Trinajstić information content (AvgIpc) is 2.39. The molecule has 0 saturated carbocycles. The van der Waals surface area contributed by atoms with Crippen LogP contribution in [0.5, 0.6) is 0 Å². The van der Waals surface area contributed by atoms with Crippen molar-refractivity contribution in [2.75, 3.05) is 11.1 Å². The molecule has 2 rings (SSSR count). The van der Waals surface area contributed by atoms with Crippen molar-refractivity contribution in [2.45, 2.75) is 6.92 Å². The number of amides is 1. The summed E-state index contributed by atoms with van der Waals surface area (Å²) >= 11 is 3.28. The molecule has 0 saturated heterocycles. The van der Waals surface area contributed by atoms with Gasteiger partial charge in [0.1, 0.15) is 23.1 Å². The number of anilines is 2. The third-order valence-electron chi connectivity index (χ3n) is 2.63. The van der Waals surface area contributed by atoms with Crippen molar-refractivity contribution < 1.29 is 13.6 Å². The Hall–Kier alpha value is -2.02. The Morgan fingerprint density at radius 2 is 1.90 bits per heavy atom. The number of nitrogen functional groups attached to an aromatic ring is 1. The summed E-state index contributed by atoms with van der Waals surface area (Å²) in [5.74, 6) is -2.34. The van der Waals surface area contributed by atoms with Gasteiger partial charge < -0.3 is 11.1 Å². The Bertz CT molecular complexity index is 668. The summed E-state index contributed by atoms with van der Waals surface area (Å²) < 4.78 is 27.4. The van der Waals surface area contributed by atoms with Crippen molar-refractivity contribution in [1.82, 2.24) is 4.98 Å². The number of carbonyl (C=O) groups excluding carboxylic acids is 1. The number of nitrogens with zero attached hydrogens (tertiary/aromatic N) is 1. The highest BCUT2D eigenvalue weighted by atomic mass is 79.9. The fourth-order valence-corrected chi connectivity index (χ4v) is 1.73. The molecule has 0 aliphatic carbocycles. The summed E-state index contributed by atoms with van der Waals surface area (Å²) in [4.78, 5) is 15.9. The molecular formula is C13H10BrF2N3O. The van der Waals surface area contributed by atoms with Crippen molar-refractivity contribution >= 4 is 33.3 Å². The zero-order valence-corrected chi connectivity index (χ0v) is 12.0. The third kappa shape index (κ3) is 2.93. The normalized spacial score (nSPS) is 10.4. The minimum atomic E-state index is -0.977. The summed E-state index contributed by atoms with van der Waals surface area (Å²) in [5, 5.41) is 2.46. The summed E-state index contributed by atoms with van der Waals surface area (Å²) in [6.45, 7) is 1.82. The van der Waals surface area contributed by atoms with E-state index in [0.29, 0.717) is 0 Å². The van der Waals surface area contributed by atoms with Gasteiger partial charge in [0.2, 0.25) is 0 Å². The highest BCUT2D eigenvalue weighted by Gasteiger charge is 2.14. The van der Waals surface area contributed by atoms with E-state index in [-0.39, 0.29) is 11.4 Å². The Kier molecular flexibility index (Phi) is 3.99. The summed E-state index contributed by atoms with van der Waals surface area (Å²) in [6.07, 6.45) is 1.52. The summed E-state index contributed by atoms with van der Waals surface area (Å²) in [5.41, 5.74) is 5.22. The predicted molar refractivity (Wildman–Crippen MR) is 75.4 cm³/mol. The molecule has 1 heterocycles. The fourth-order valence-electron chi connectivity index (χ4n) is 1.51. The second kappa shape index (κ2) is 5.54. The number of rotatable bonds is 2. The molecule has 0 atom stereocenters. The third-order valence-corrected chi connectivity index (χ3v) is 3.46. The molecule has 3 N–H and O–H groups in total. The van der Waals surface area contributed by atoms with Crippen LogP contribution in [0.25, 0.3) is 0 Å². The molecule has 104 valence electrons. The van der Waals surface area contributed by atoms with Gasteiger partial charge in [-0.3, -0.25) is 4.79 Å². The van der Waals surface area contributed by atoms with E-state index in [1.807, 2.05) is 6.92 Å². The number of nitrogens with one attached hydrogen (secondary N) is 1. The lowest BCUT2D eigenvalue weighted by Crippen LogP contribution is -2.14. The van der Waals surface area contributed by atoms with E-state index in [4.69, 9.17) is 5.73 Å². The van der Waals surface area contributed by atoms with E-state index < -0.39 is 23.2 Å². The SMILES string of the molecule is Cc1cc(NC(=O)c2cc(F)c(N)c(F)c2)ncc1Br. The molecule has 0 unspecified atom stereocenters. The maximum atomic E-state index is 13.3. The number of pyridine rings is 1. The maximum absolute atomic E-state index is 13.3. The van der Waals surface area contributed by atoms with Gasteiger partial charge in [0, 0.05) is 16.2 Å². The Balaban J connectivity index is 2.26. The van der Waals surface area contributed by atoms with E-state index in [2.05, 4.69) is 26.2 Å². The van der Waals surface area contributed by atoms with Crippen LogP contribution in [0.4, 0.5) is 20.3 Å². The van der Waals surface area contributed by atoms with Gasteiger partial charge in [-0.05, 0) is 46.6 Å². The zero-order chi connectivity index (χ0) is 14.9. The topological polar surface area (TPSA) is 68.0 Å². The standard InChI is InChI=1S/C13H10BrF2N3O/c1-6-2-11(18-5-8(6)14)19-13(20)7-3-9(15)12(17)10(16)4-7/h2-5H,17H2,1H3,(H,18,19,20). The lowest BCUT2D eigenvalue weighted by Gasteiger charge is -2.07. The highest BCUT2D eigenvalue weighted by molar-refractivity contribution is 9.10. The quantitative estimate of drug-likeness (QED) is 0.823. The van der Waals surface area contributed by atoms with Crippen molar-refractivity contribution in [2.24, 2.45) is 0 Å². The Morgan fingerprint density at radius 3 is 2.45 bits per heavy atom. The van der Waals surface area contributed by atoms with Crippen molar-refractivity contribution in [1.29, 1.82) is 0 Å². The molecule has 2 aromatic rings. The van der Waals surface area contributed by atoms with Crippen LogP contribution in [-0.2, 0) is 0 Å². The van der Waals surface area contributed by atoms with Crippen molar-refractivity contribution in [3.63, 3.8) is 0 Å². The first-order valence-electron chi connectivity index (χ1n) is 5.56. The number of carbonyl (C=O) groups is 1. The van der Waals surface area contributed by atoms with E-state index in [9.17, 15) is 13.6 Å². The van der Waals surface area contributed by atoms with Gasteiger partial charge in [-0.25, -0.2) is 13.8 Å². The number of hydrogen-bond acceptors (Lipinski definition) is 3. The molecule has 1 aromatic carbocycles. The smallest absolute Gasteiger partial charge is 0.257 e. The first-order valence-corrected chi connectivity index (χ1v) is 6.36. The van der Waals surface area contributed by atoms with Crippen molar-refractivity contribution in [3.8, 4) is 0 Å². The van der Waals surface area contributed by atoms with Crippen LogP contribution in [0.2, 0.25) is 0 Å². The Morgan fingerprint density at radius 1 is 1.30 bits per heavy atom. The highest BCUT2D eigenvalue weighted by Crippen LogP contribution is 2.20. The van der Waals surface area contributed by atoms with Crippen molar-refractivity contribution in [3.05, 3.63) is 51.6 Å². The van der Waals surface area contributed by atoms with Gasteiger partial charge in [0.15, 0.2) is 0 Å². The molecule has 0 aliphatic heterocycles. The maximum Gasteiger partial charge on any atom is 0.257 e.